The first-order chi connectivity index (χ1) is 23.3. The number of nitrogens with zero attached hydrogens (tertiary/aromatic N) is 2. The van der Waals surface area contributed by atoms with Crippen molar-refractivity contribution in [3.63, 3.8) is 0 Å². The fourth-order valence-electron chi connectivity index (χ4n) is 9.28. The molecule has 0 spiro atoms. The summed E-state index contributed by atoms with van der Waals surface area (Å²) in [6.45, 7) is 14.1. The molecule has 0 unspecified atom stereocenters. The maximum absolute atomic E-state index is 6.15. The molecule has 0 fully saturated rings. The monoisotopic (exact) mass is 689 g/mol. The van der Waals surface area contributed by atoms with Gasteiger partial charge in [-0.2, -0.15) is 0 Å². The minimum absolute atomic E-state index is 0.715. The Balaban J connectivity index is 1.45. The Morgan fingerprint density at radius 3 is 2.27 bits per heavy atom. The second-order valence-corrected chi connectivity index (χ2v) is 20.0. The van der Waals surface area contributed by atoms with Crippen molar-refractivity contribution in [2.45, 2.75) is 65.5 Å². The third kappa shape index (κ3) is 5.15. The Hall–Kier alpha value is -3.11. The van der Waals surface area contributed by atoms with E-state index in [1.165, 1.54) is 89.6 Å². The van der Waals surface area contributed by atoms with Gasteiger partial charge in [0.05, 0.1) is 0 Å². The van der Waals surface area contributed by atoms with Gasteiger partial charge < -0.3 is 4.90 Å². The lowest BCUT2D eigenvalue weighted by molar-refractivity contribution is 0.519. The van der Waals surface area contributed by atoms with Crippen LogP contribution in [0.2, 0.25) is 13.1 Å². The lowest BCUT2D eigenvalue weighted by Gasteiger charge is -2.36. The van der Waals surface area contributed by atoms with E-state index in [0.717, 1.165) is 51.9 Å². The van der Waals surface area contributed by atoms with Gasteiger partial charge in [0, 0.05) is 55.0 Å². The maximum atomic E-state index is 6.15. The molecule has 5 aromatic carbocycles. The van der Waals surface area contributed by atoms with Crippen molar-refractivity contribution in [1.29, 1.82) is 0 Å². The fraction of sp³-hybridized carbons (Fsp3) is 0.372. The van der Waals surface area contributed by atoms with Gasteiger partial charge in [0.1, 0.15) is 21.2 Å². The van der Waals surface area contributed by atoms with Gasteiger partial charge in [-0.05, 0) is 134 Å². The molecule has 3 aliphatic rings. The number of halogens is 2. The molecule has 0 aliphatic carbocycles. The van der Waals surface area contributed by atoms with E-state index in [2.05, 4.69) is 103 Å². The Labute approximate surface area is 296 Å². The van der Waals surface area contributed by atoms with E-state index in [1.807, 2.05) is 0 Å². The van der Waals surface area contributed by atoms with Crippen LogP contribution in [0.1, 0.15) is 59.1 Å². The first-order valence-corrected chi connectivity index (χ1v) is 22.1. The molecule has 8 rings (SSSR count). The molecule has 0 atom stereocenters. The Kier molecular flexibility index (Phi) is 8.46. The van der Waals surface area contributed by atoms with E-state index in [-0.39, 0.29) is 0 Å². The number of rotatable bonds is 7. The van der Waals surface area contributed by atoms with Crippen LogP contribution in [0, 0.1) is 13.8 Å². The van der Waals surface area contributed by atoms with Crippen LogP contribution in [0.25, 0.3) is 27.1 Å². The Bertz CT molecular complexity index is 2210. The Morgan fingerprint density at radius 1 is 0.771 bits per heavy atom. The van der Waals surface area contributed by atoms with E-state index >= 15 is 0 Å². The van der Waals surface area contributed by atoms with E-state index < -0.39 is 8.07 Å². The Morgan fingerprint density at radius 2 is 1.48 bits per heavy atom. The zero-order valence-corrected chi connectivity index (χ0v) is 31.5. The van der Waals surface area contributed by atoms with Crippen LogP contribution < -0.4 is 30.4 Å². The van der Waals surface area contributed by atoms with Crippen molar-refractivity contribution in [3.05, 3.63) is 111 Å². The summed E-state index contributed by atoms with van der Waals surface area (Å²) in [7, 11) is -2.13. The van der Waals surface area contributed by atoms with Gasteiger partial charge in [-0.15, -0.1) is 23.2 Å². The average Bonchev–Trinajstić information content (AvgIpc) is 3.09. The summed E-state index contributed by atoms with van der Waals surface area (Å²) in [5, 5.41) is 11.7. The van der Waals surface area contributed by atoms with E-state index in [1.54, 1.807) is 10.4 Å². The summed E-state index contributed by atoms with van der Waals surface area (Å²) in [6.07, 6.45) is 6.74. The number of anilines is 1. The molecule has 3 aliphatic heterocycles. The van der Waals surface area contributed by atoms with Crippen LogP contribution in [0.15, 0.2) is 66.7 Å². The van der Waals surface area contributed by atoms with Crippen LogP contribution in [-0.2, 0) is 12.8 Å². The molecular formula is C43H47Cl2N2Si+. The smallest absolute Gasteiger partial charge is 0.203 e. The molecule has 48 heavy (non-hydrogen) atoms. The number of fused-ring (bicyclic) bond motifs is 8. The van der Waals surface area contributed by atoms with Crippen LogP contribution in [-0.4, -0.2) is 46.0 Å². The predicted molar refractivity (Wildman–Crippen MR) is 212 cm³/mol. The summed E-state index contributed by atoms with van der Waals surface area (Å²) in [5.41, 5.74) is 11.5. The van der Waals surface area contributed by atoms with Crippen molar-refractivity contribution in [2.24, 2.45) is 0 Å². The molecule has 0 aromatic heterocycles. The predicted octanol–water partition coefficient (Wildman–Crippen LogP) is 7.44. The molecule has 0 N–H and O–H groups in total. The summed E-state index contributed by atoms with van der Waals surface area (Å²) in [6, 6.07) is 26.8. The fourth-order valence-corrected chi connectivity index (χ4v) is 12.6. The third-order valence-electron chi connectivity index (χ3n) is 11.6. The van der Waals surface area contributed by atoms with Crippen molar-refractivity contribution >= 4 is 74.5 Å². The summed E-state index contributed by atoms with van der Waals surface area (Å²) >= 11 is 12.3. The highest BCUT2D eigenvalue weighted by Crippen LogP contribution is 2.37. The molecule has 5 heteroatoms. The summed E-state index contributed by atoms with van der Waals surface area (Å²) in [4.78, 5) is 2.58. The molecule has 0 bridgehead atoms. The summed E-state index contributed by atoms with van der Waals surface area (Å²) < 4.78 is 2.58. The van der Waals surface area contributed by atoms with Gasteiger partial charge in [-0.3, -0.25) is 0 Å². The van der Waals surface area contributed by atoms with Crippen molar-refractivity contribution < 1.29 is 0 Å². The maximum Gasteiger partial charge on any atom is 0.203 e. The van der Waals surface area contributed by atoms with Gasteiger partial charge in [-0.1, -0.05) is 49.5 Å². The molecule has 0 saturated carbocycles. The average molecular weight is 691 g/mol. The number of hydrogen-bond donors (Lipinski definition) is 0. The molecule has 0 radical (unpaired) electrons. The van der Waals surface area contributed by atoms with E-state index in [9.17, 15) is 0 Å². The molecule has 246 valence electrons. The highest BCUT2D eigenvalue weighted by Gasteiger charge is 2.37. The van der Waals surface area contributed by atoms with Crippen LogP contribution in [0.4, 0.5) is 5.69 Å². The van der Waals surface area contributed by atoms with Crippen LogP contribution in [0.5, 0.6) is 0 Å². The molecule has 0 amide bonds. The number of aryl methyl sites for hydroxylation is 4. The van der Waals surface area contributed by atoms with Gasteiger partial charge in [-0.25, -0.2) is 4.58 Å². The highest BCUT2D eigenvalue weighted by molar-refractivity contribution is 7.01. The largest absolute Gasteiger partial charge is 0.371 e. The zero-order chi connectivity index (χ0) is 33.2. The number of benzene rings is 5. The van der Waals surface area contributed by atoms with E-state index in [4.69, 9.17) is 23.2 Å². The van der Waals surface area contributed by atoms with Crippen molar-refractivity contribution in [3.8, 4) is 0 Å². The highest BCUT2D eigenvalue weighted by atomic mass is 35.5. The van der Waals surface area contributed by atoms with Crippen molar-refractivity contribution in [1.82, 2.24) is 4.58 Å². The number of alkyl halides is 2. The first-order valence-electron chi connectivity index (χ1n) is 18.1. The van der Waals surface area contributed by atoms with E-state index in [0.29, 0.717) is 11.8 Å². The van der Waals surface area contributed by atoms with Crippen LogP contribution >= 0.6 is 23.2 Å². The SMILES string of the molecule is Cc1cccc(C)c1C1=c2cc3ccc4c(c3cc2[Si](C)(C)c2cc3c5c(ccc3cc21)N(CCCCl)CCC5)CCC[N+]=4CCCCl. The minimum Gasteiger partial charge on any atom is -0.371 e. The second kappa shape index (κ2) is 12.6. The number of hydrogen-bond acceptors (Lipinski definition) is 1. The van der Waals surface area contributed by atoms with Gasteiger partial charge in [0.25, 0.3) is 0 Å². The van der Waals surface area contributed by atoms with Gasteiger partial charge in [0.2, 0.25) is 5.36 Å². The molecule has 0 saturated heterocycles. The van der Waals surface area contributed by atoms with Crippen LogP contribution in [0.3, 0.4) is 0 Å². The third-order valence-corrected chi connectivity index (χ3v) is 15.7. The standard InChI is InChI=1S/C43H47Cl2N2Si/c1-28-10-5-11-29(2)42(28)43-36-24-30-14-16-38-32(12-6-20-46(38)22-8-18-44)34(30)26-40(36)48(3,4)41-27-35-31(25-37(41)43)15-17-39-33(35)13-7-21-47(39)23-9-19-45/h5,10-11,14-17,24-27H,6-9,12-13,18-23H2,1-4H3/q+1. The molecule has 3 heterocycles. The lowest BCUT2D eigenvalue weighted by atomic mass is 9.86. The lowest BCUT2D eigenvalue weighted by Crippen LogP contribution is -2.62. The summed E-state index contributed by atoms with van der Waals surface area (Å²) in [5.74, 6) is 1.43. The molecule has 5 aromatic rings. The second-order valence-electron chi connectivity index (χ2n) is 14.9. The normalized spacial score (nSPS) is 16.6. The van der Waals surface area contributed by atoms with Gasteiger partial charge >= 0.3 is 0 Å². The van der Waals surface area contributed by atoms with Crippen molar-refractivity contribution in [2.75, 3.05) is 42.8 Å². The molecular weight excluding hydrogens is 643 g/mol. The topological polar surface area (TPSA) is 6.25 Å². The first kappa shape index (κ1) is 32.1. The zero-order valence-electron chi connectivity index (χ0n) is 29.0. The quantitative estimate of drug-likeness (QED) is 0.0978. The van der Waals surface area contributed by atoms with Gasteiger partial charge in [0.15, 0.2) is 0 Å². The molecule has 2 nitrogen and oxygen atoms in total. The minimum atomic E-state index is -2.13.